The lowest BCUT2D eigenvalue weighted by molar-refractivity contribution is -0.132. The minimum absolute atomic E-state index is 0.328. The van der Waals surface area contributed by atoms with Gasteiger partial charge in [-0.25, -0.2) is 4.79 Å². The molecule has 0 unspecified atom stereocenters. The fourth-order valence-electron chi connectivity index (χ4n) is 0.657. The van der Waals surface area contributed by atoms with Crippen molar-refractivity contribution in [2.45, 2.75) is 41.0 Å². The zero-order valence-corrected chi connectivity index (χ0v) is 11.1. The standard InChI is InChI=1S/C9H13BrO2.C2H6/c1-4-6(2)5-8(7(3)10)9(11)12;1-2/h5H,4H2,1-3H3,(H,11,12);1-2H3/b6-5+,8-7-;. The molecular formula is C11H19BrO2. The number of aliphatic carboxylic acids is 1. The Kier molecular flexibility index (Phi) is 10.2. The van der Waals surface area contributed by atoms with Crippen LogP contribution in [0, 0.1) is 0 Å². The summed E-state index contributed by atoms with van der Waals surface area (Å²) in [5.74, 6) is -0.892. The number of hydrogen-bond acceptors (Lipinski definition) is 1. The van der Waals surface area contributed by atoms with Gasteiger partial charge >= 0.3 is 5.97 Å². The Morgan fingerprint density at radius 2 is 1.79 bits per heavy atom. The summed E-state index contributed by atoms with van der Waals surface area (Å²) in [5.41, 5.74) is 1.39. The van der Waals surface area contributed by atoms with E-state index in [0.29, 0.717) is 10.1 Å². The Bertz CT molecular complexity index is 236. The Balaban J connectivity index is 0. The number of rotatable bonds is 3. The lowest BCUT2D eigenvalue weighted by atomic mass is 10.1. The van der Waals surface area contributed by atoms with E-state index in [1.807, 2.05) is 27.7 Å². The normalized spacial score (nSPS) is 12.6. The zero-order valence-electron chi connectivity index (χ0n) is 9.52. The summed E-state index contributed by atoms with van der Waals surface area (Å²) < 4.78 is 0.655. The van der Waals surface area contributed by atoms with Gasteiger partial charge in [0.2, 0.25) is 0 Å². The maximum absolute atomic E-state index is 10.7. The maximum atomic E-state index is 10.7. The first-order valence-corrected chi connectivity index (χ1v) is 5.55. The summed E-state index contributed by atoms with van der Waals surface area (Å²) in [6.07, 6.45) is 2.56. The molecule has 0 aliphatic rings. The molecule has 0 heterocycles. The quantitative estimate of drug-likeness (QED) is 0.614. The fourth-order valence-corrected chi connectivity index (χ4v) is 0.941. The van der Waals surface area contributed by atoms with Gasteiger partial charge in [0, 0.05) is 4.48 Å². The van der Waals surface area contributed by atoms with Gasteiger partial charge in [0.05, 0.1) is 5.57 Å². The van der Waals surface area contributed by atoms with Crippen LogP contribution < -0.4 is 0 Å². The molecule has 0 fully saturated rings. The topological polar surface area (TPSA) is 37.3 Å². The number of halogens is 1. The summed E-state index contributed by atoms with van der Waals surface area (Å²) in [7, 11) is 0. The van der Waals surface area contributed by atoms with Gasteiger partial charge in [-0.1, -0.05) is 42.3 Å². The molecule has 0 aromatic heterocycles. The lowest BCUT2D eigenvalue weighted by Gasteiger charge is -1.99. The van der Waals surface area contributed by atoms with Crippen LogP contribution in [0.4, 0.5) is 0 Å². The first kappa shape index (κ1) is 15.9. The second kappa shape index (κ2) is 9.00. The molecule has 0 aliphatic heterocycles. The van der Waals surface area contributed by atoms with E-state index in [0.717, 1.165) is 12.0 Å². The van der Waals surface area contributed by atoms with Gasteiger partial charge in [-0.05, 0) is 26.3 Å². The van der Waals surface area contributed by atoms with E-state index in [2.05, 4.69) is 15.9 Å². The first-order valence-electron chi connectivity index (χ1n) is 4.75. The van der Waals surface area contributed by atoms with E-state index in [9.17, 15) is 4.79 Å². The average Bonchev–Trinajstić information content (AvgIpc) is 2.15. The van der Waals surface area contributed by atoms with Gasteiger partial charge in [0.25, 0.3) is 0 Å². The third kappa shape index (κ3) is 6.89. The van der Waals surface area contributed by atoms with E-state index in [-0.39, 0.29) is 0 Å². The molecule has 0 saturated heterocycles. The van der Waals surface area contributed by atoms with Crippen LogP contribution in [0.1, 0.15) is 41.0 Å². The molecule has 0 aromatic carbocycles. The second-order valence-corrected chi connectivity index (χ2v) is 3.79. The monoisotopic (exact) mass is 262 g/mol. The van der Waals surface area contributed by atoms with E-state index in [1.165, 1.54) is 0 Å². The van der Waals surface area contributed by atoms with Gasteiger partial charge in [-0.3, -0.25) is 0 Å². The predicted octanol–water partition coefficient (Wildman–Crippen LogP) is 4.12. The Labute approximate surface area is 94.8 Å². The van der Waals surface area contributed by atoms with Crippen molar-refractivity contribution in [2.75, 3.05) is 0 Å². The molecule has 0 bridgehead atoms. The molecule has 3 heteroatoms. The van der Waals surface area contributed by atoms with E-state index in [4.69, 9.17) is 5.11 Å². The molecule has 0 saturated carbocycles. The maximum Gasteiger partial charge on any atom is 0.336 e. The minimum atomic E-state index is -0.892. The number of carbonyl (C=O) groups is 1. The van der Waals surface area contributed by atoms with Gasteiger partial charge in [0.15, 0.2) is 0 Å². The minimum Gasteiger partial charge on any atom is -0.478 e. The van der Waals surface area contributed by atoms with Crippen molar-refractivity contribution in [1.82, 2.24) is 0 Å². The molecule has 2 nitrogen and oxygen atoms in total. The average molecular weight is 263 g/mol. The largest absolute Gasteiger partial charge is 0.478 e. The van der Waals surface area contributed by atoms with Gasteiger partial charge in [-0.2, -0.15) is 0 Å². The third-order valence-corrected chi connectivity index (χ3v) is 1.98. The molecule has 0 amide bonds. The highest BCUT2D eigenvalue weighted by Crippen LogP contribution is 2.15. The van der Waals surface area contributed by atoms with Crippen molar-refractivity contribution in [3.63, 3.8) is 0 Å². The van der Waals surface area contributed by atoms with Crippen molar-refractivity contribution in [3.8, 4) is 0 Å². The van der Waals surface area contributed by atoms with Crippen molar-refractivity contribution in [3.05, 3.63) is 21.7 Å². The van der Waals surface area contributed by atoms with Crippen LogP contribution >= 0.6 is 15.9 Å². The van der Waals surface area contributed by atoms with Crippen molar-refractivity contribution >= 4 is 21.9 Å². The van der Waals surface area contributed by atoms with Crippen LogP contribution in [0.15, 0.2) is 21.7 Å². The van der Waals surface area contributed by atoms with Crippen LogP contribution in [-0.4, -0.2) is 11.1 Å². The van der Waals surface area contributed by atoms with Crippen LogP contribution in [0.5, 0.6) is 0 Å². The van der Waals surface area contributed by atoms with E-state index in [1.54, 1.807) is 13.0 Å². The Hall–Kier alpha value is -0.570. The summed E-state index contributed by atoms with van der Waals surface area (Å²) >= 11 is 3.15. The summed E-state index contributed by atoms with van der Waals surface area (Å²) in [6, 6.07) is 0. The molecule has 0 aliphatic carbocycles. The molecule has 82 valence electrons. The first-order chi connectivity index (χ1) is 6.49. The predicted molar refractivity (Wildman–Crippen MR) is 64.7 cm³/mol. The molecule has 0 rings (SSSR count). The zero-order chi connectivity index (χ0) is 11.7. The highest BCUT2D eigenvalue weighted by Gasteiger charge is 2.06. The third-order valence-electron chi connectivity index (χ3n) is 1.55. The van der Waals surface area contributed by atoms with Gasteiger partial charge in [0.1, 0.15) is 0 Å². The molecule has 0 spiro atoms. The lowest BCUT2D eigenvalue weighted by Crippen LogP contribution is -1.99. The number of allylic oxidation sites excluding steroid dienone is 2. The van der Waals surface area contributed by atoms with Crippen LogP contribution in [0.25, 0.3) is 0 Å². The Morgan fingerprint density at radius 1 is 1.36 bits per heavy atom. The van der Waals surface area contributed by atoms with E-state index < -0.39 is 5.97 Å². The molecule has 0 radical (unpaired) electrons. The molecular weight excluding hydrogens is 244 g/mol. The number of hydrogen-bond donors (Lipinski definition) is 1. The van der Waals surface area contributed by atoms with Gasteiger partial charge in [-0.15, -0.1) is 0 Å². The van der Waals surface area contributed by atoms with Crippen LogP contribution in [0.2, 0.25) is 0 Å². The van der Waals surface area contributed by atoms with Crippen molar-refractivity contribution in [1.29, 1.82) is 0 Å². The van der Waals surface area contributed by atoms with E-state index >= 15 is 0 Å². The second-order valence-electron chi connectivity index (χ2n) is 2.60. The van der Waals surface area contributed by atoms with Gasteiger partial charge < -0.3 is 5.11 Å². The number of carboxylic acid groups (broad SMARTS) is 1. The molecule has 0 aromatic rings. The molecule has 14 heavy (non-hydrogen) atoms. The van der Waals surface area contributed by atoms with Crippen LogP contribution in [-0.2, 0) is 4.79 Å². The summed E-state index contributed by atoms with van der Waals surface area (Å²) in [6.45, 7) is 9.64. The Morgan fingerprint density at radius 3 is 2.00 bits per heavy atom. The summed E-state index contributed by atoms with van der Waals surface area (Å²) in [5, 5.41) is 8.76. The SMILES string of the molecule is CC.CC/C(C)=C/C(C(=O)O)=C(\C)Br. The van der Waals surface area contributed by atoms with Crippen molar-refractivity contribution < 1.29 is 9.90 Å². The van der Waals surface area contributed by atoms with Crippen LogP contribution in [0.3, 0.4) is 0 Å². The van der Waals surface area contributed by atoms with Crippen molar-refractivity contribution in [2.24, 2.45) is 0 Å². The number of carboxylic acids is 1. The smallest absolute Gasteiger partial charge is 0.336 e. The highest BCUT2D eigenvalue weighted by atomic mass is 79.9. The highest BCUT2D eigenvalue weighted by molar-refractivity contribution is 9.11. The molecule has 1 N–H and O–H groups in total. The fraction of sp³-hybridized carbons (Fsp3) is 0.545. The summed E-state index contributed by atoms with van der Waals surface area (Å²) in [4.78, 5) is 10.7. The molecule has 0 atom stereocenters.